The highest BCUT2D eigenvalue weighted by atomic mass is 16.4. The second-order valence-corrected chi connectivity index (χ2v) is 8.19. The molecule has 2 aromatic carbocycles. The molecule has 4 rings (SSSR count). The number of anilines is 2. The van der Waals surface area contributed by atoms with Gasteiger partial charge in [-0.1, -0.05) is 12.5 Å². The number of rotatable bonds is 8. The van der Waals surface area contributed by atoms with E-state index in [-0.39, 0.29) is 11.0 Å². The minimum Gasteiger partial charge on any atom is -0.478 e. The number of nitrogen functional groups attached to an aromatic ring is 1. The van der Waals surface area contributed by atoms with Gasteiger partial charge in [0.25, 0.3) is 0 Å². The molecule has 35 heavy (non-hydrogen) atoms. The molecule has 9 heteroatoms. The molecule has 0 unspecified atom stereocenters. The summed E-state index contributed by atoms with van der Waals surface area (Å²) in [7, 11) is 0. The normalized spacial score (nSPS) is 11.0. The molecule has 1 aliphatic carbocycles. The fourth-order valence-electron chi connectivity index (χ4n) is 4.02. The Morgan fingerprint density at radius 3 is 2.51 bits per heavy atom. The lowest BCUT2D eigenvalue weighted by Crippen LogP contribution is -2.29. The monoisotopic (exact) mass is 474 g/mol. The first-order valence-electron chi connectivity index (χ1n) is 11.3. The Kier molecular flexibility index (Phi) is 6.98. The number of carboxylic acids is 1. The first-order valence-corrected chi connectivity index (χ1v) is 11.3. The van der Waals surface area contributed by atoms with E-state index in [4.69, 9.17) is 15.9 Å². The Bertz CT molecular complexity index is 1430. The molecule has 2 amide bonds. The van der Waals surface area contributed by atoms with Gasteiger partial charge in [-0.25, -0.2) is 9.59 Å². The molecule has 0 aromatic heterocycles. The summed E-state index contributed by atoms with van der Waals surface area (Å²) in [5.41, 5.74) is 14.0. The number of aromatic carboxylic acids is 1. The maximum absolute atomic E-state index is 12.3. The lowest BCUT2D eigenvalue weighted by molar-refractivity contribution is 0.0697. The number of nitrogens with one attached hydrogen (secondary N) is 2. The Morgan fingerprint density at radius 2 is 1.74 bits per heavy atom. The third-order valence-corrected chi connectivity index (χ3v) is 5.66. The van der Waals surface area contributed by atoms with E-state index in [9.17, 15) is 19.5 Å². The lowest BCUT2D eigenvalue weighted by Gasteiger charge is -2.17. The number of amides is 2. The maximum atomic E-state index is 12.3. The fourth-order valence-corrected chi connectivity index (χ4v) is 4.02. The molecule has 0 atom stereocenters. The summed E-state index contributed by atoms with van der Waals surface area (Å²) in [4.78, 5) is 36.5. The van der Waals surface area contributed by atoms with Crippen LogP contribution in [0.2, 0.25) is 0 Å². The van der Waals surface area contributed by atoms with Gasteiger partial charge in [0.05, 0.1) is 5.56 Å². The summed E-state index contributed by atoms with van der Waals surface area (Å²) < 4.78 is 5.91. The SMILES string of the molecule is NCCCCCNC(=O)Nc1ccc(-c2c3ccc(=O)cc-3oc3cc(N)ccc23)c(C(=O)O)c1. The van der Waals surface area contributed by atoms with Crippen LogP contribution in [0.1, 0.15) is 29.6 Å². The molecular formula is C26H26N4O5. The molecule has 0 fully saturated rings. The standard InChI is InChI=1S/C26H26N4O5/c27-10-2-1-3-11-29-26(34)30-16-5-8-18(21(13-16)25(32)33)24-19-7-4-15(28)12-22(19)35-23-14-17(31)6-9-20(23)24/h4-9,12-14H,1-3,10-11,27-28H2,(H,32,33)(H2,29,30,34). The summed E-state index contributed by atoms with van der Waals surface area (Å²) >= 11 is 0. The third-order valence-electron chi connectivity index (χ3n) is 5.66. The highest BCUT2D eigenvalue weighted by Gasteiger charge is 2.22. The van der Waals surface area contributed by atoms with Crippen molar-refractivity contribution in [2.24, 2.45) is 5.73 Å². The Hall–Kier alpha value is -4.37. The van der Waals surface area contributed by atoms with Crippen molar-refractivity contribution in [3.63, 3.8) is 0 Å². The van der Waals surface area contributed by atoms with E-state index in [1.807, 2.05) is 0 Å². The number of urea groups is 1. The number of carboxylic acid groups (broad SMARTS) is 1. The van der Waals surface area contributed by atoms with Gasteiger partial charge < -0.3 is 31.6 Å². The topological polar surface area (TPSA) is 161 Å². The zero-order valence-corrected chi connectivity index (χ0v) is 19.0. The molecule has 9 nitrogen and oxygen atoms in total. The number of unbranched alkanes of at least 4 members (excludes halogenated alkanes) is 2. The van der Waals surface area contributed by atoms with Crippen LogP contribution < -0.4 is 27.5 Å². The molecule has 0 saturated heterocycles. The van der Waals surface area contributed by atoms with E-state index in [2.05, 4.69) is 10.6 Å². The van der Waals surface area contributed by atoms with Crippen LogP contribution in [0, 0.1) is 0 Å². The van der Waals surface area contributed by atoms with Crippen molar-refractivity contribution in [2.75, 3.05) is 24.1 Å². The molecule has 2 aliphatic rings. The van der Waals surface area contributed by atoms with E-state index in [0.29, 0.717) is 57.9 Å². The average molecular weight is 475 g/mol. The molecule has 2 aromatic rings. The number of benzene rings is 3. The van der Waals surface area contributed by atoms with Crippen molar-refractivity contribution < 1.29 is 19.1 Å². The van der Waals surface area contributed by atoms with Crippen LogP contribution in [-0.2, 0) is 0 Å². The van der Waals surface area contributed by atoms with Gasteiger partial charge in [-0.15, -0.1) is 0 Å². The van der Waals surface area contributed by atoms with Gasteiger partial charge in [-0.3, -0.25) is 4.79 Å². The van der Waals surface area contributed by atoms with Gasteiger partial charge in [0.15, 0.2) is 5.43 Å². The van der Waals surface area contributed by atoms with Crippen molar-refractivity contribution in [1.82, 2.24) is 5.32 Å². The number of hydrogen-bond donors (Lipinski definition) is 5. The van der Waals surface area contributed by atoms with E-state index >= 15 is 0 Å². The zero-order valence-electron chi connectivity index (χ0n) is 19.0. The molecule has 0 radical (unpaired) electrons. The third kappa shape index (κ3) is 5.25. The van der Waals surface area contributed by atoms with Gasteiger partial charge in [0.2, 0.25) is 0 Å². The number of nitrogens with two attached hydrogens (primary N) is 2. The van der Waals surface area contributed by atoms with Crippen molar-refractivity contribution in [3.05, 3.63) is 70.4 Å². The summed E-state index contributed by atoms with van der Waals surface area (Å²) in [5, 5.41) is 16.1. The van der Waals surface area contributed by atoms with Gasteiger partial charge in [-0.2, -0.15) is 0 Å². The second-order valence-electron chi connectivity index (χ2n) is 8.19. The van der Waals surface area contributed by atoms with Gasteiger partial charge in [0, 0.05) is 46.6 Å². The number of fused-ring (bicyclic) bond motifs is 2. The van der Waals surface area contributed by atoms with Crippen molar-refractivity contribution in [1.29, 1.82) is 0 Å². The minimum atomic E-state index is -1.16. The summed E-state index contributed by atoms with van der Waals surface area (Å²) in [6, 6.07) is 13.7. The first-order chi connectivity index (χ1) is 16.9. The van der Waals surface area contributed by atoms with Crippen molar-refractivity contribution in [2.45, 2.75) is 19.3 Å². The molecule has 0 bridgehead atoms. The first kappa shape index (κ1) is 23.8. The molecule has 1 aliphatic heterocycles. The van der Waals surface area contributed by atoms with Crippen LogP contribution in [0.25, 0.3) is 33.4 Å². The summed E-state index contributed by atoms with van der Waals surface area (Å²) in [6.45, 7) is 1.11. The molecule has 7 N–H and O–H groups in total. The number of carbonyl (C=O) groups is 2. The largest absolute Gasteiger partial charge is 0.478 e. The quantitative estimate of drug-likeness (QED) is 0.146. The minimum absolute atomic E-state index is 0.0115. The van der Waals surface area contributed by atoms with Crippen LogP contribution in [-0.4, -0.2) is 30.2 Å². The van der Waals surface area contributed by atoms with E-state index in [1.165, 1.54) is 18.2 Å². The molecule has 0 saturated carbocycles. The molecular weight excluding hydrogens is 448 g/mol. The average Bonchev–Trinajstić information content (AvgIpc) is 2.82. The Balaban J connectivity index is 1.74. The smallest absolute Gasteiger partial charge is 0.336 e. The zero-order chi connectivity index (χ0) is 24.9. The number of hydrogen-bond acceptors (Lipinski definition) is 6. The number of carbonyl (C=O) groups excluding carboxylic acids is 1. The second kappa shape index (κ2) is 10.3. The van der Waals surface area contributed by atoms with Gasteiger partial charge in [0.1, 0.15) is 11.3 Å². The van der Waals surface area contributed by atoms with E-state index in [0.717, 1.165) is 19.3 Å². The highest BCUT2D eigenvalue weighted by molar-refractivity contribution is 6.08. The van der Waals surface area contributed by atoms with Crippen LogP contribution in [0.3, 0.4) is 0 Å². The Labute approximate surface area is 201 Å². The molecule has 1 heterocycles. The van der Waals surface area contributed by atoms with Gasteiger partial charge >= 0.3 is 12.0 Å². The van der Waals surface area contributed by atoms with Crippen LogP contribution in [0.5, 0.6) is 0 Å². The van der Waals surface area contributed by atoms with E-state index < -0.39 is 12.0 Å². The molecule has 0 spiro atoms. The van der Waals surface area contributed by atoms with Crippen LogP contribution >= 0.6 is 0 Å². The Morgan fingerprint density at radius 1 is 0.943 bits per heavy atom. The van der Waals surface area contributed by atoms with Crippen molar-refractivity contribution in [3.8, 4) is 22.5 Å². The van der Waals surface area contributed by atoms with Crippen molar-refractivity contribution >= 4 is 34.3 Å². The summed E-state index contributed by atoms with van der Waals surface area (Å²) in [5.74, 6) is -0.845. The molecule has 180 valence electrons. The highest BCUT2D eigenvalue weighted by Crippen LogP contribution is 2.42. The summed E-state index contributed by atoms with van der Waals surface area (Å²) in [6.07, 6.45) is 2.61. The lowest BCUT2D eigenvalue weighted by atomic mass is 9.90. The predicted octanol–water partition coefficient (Wildman–Crippen LogP) is 4.10. The van der Waals surface area contributed by atoms with E-state index in [1.54, 1.807) is 36.4 Å². The van der Waals surface area contributed by atoms with Crippen LogP contribution in [0.4, 0.5) is 16.2 Å². The van der Waals surface area contributed by atoms with Crippen LogP contribution in [0.15, 0.2) is 63.8 Å². The van der Waals surface area contributed by atoms with Gasteiger partial charge in [-0.05, 0) is 61.3 Å². The predicted molar refractivity (Wildman–Crippen MR) is 136 cm³/mol. The fraction of sp³-hybridized carbons (Fsp3) is 0.192. The maximum Gasteiger partial charge on any atom is 0.336 e.